The summed E-state index contributed by atoms with van der Waals surface area (Å²) in [4.78, 5) is 11.8. The Balaban J connectivity index is 1.41. The molecule has 3 rings (SSSR count). The first-order valence-corrected chi connectivity index (χ1v) is 11.2. The molecule has 0 unspecified atom stereocenters. The van der Waals surface area contributed by atoms with Gasteiger partial charge in [-0.05, 0) is 35.4 Å². The summed E-state index contributed by atoms with van der Waals surface area (Å²) in [6, 6.07) is 13.6. The first kappa shape index (κ1) is 20.8. The highest BCUT2D eigenvalue weighted by Crippen LogP contribution is 2.30. The van der Waals surface area contributed by atoms with E-state index >= 15 is 0 Å². The summed E-state index contributed by atoms with van der Waals surface area (Å²) in [5.41, 5.74) is 4.12. The van der Waals surface area contributed by atoms with E-state index in [1.165, 1.54) is 41.4 Å². The second kappa shape index (κ2) is 10.6. The predicted molar refractivity (Wildman–Crippen MR) is 114 cm³/mol. The van der Waals surface area contributed by atoms with Crippen LogP contribution in [0.4, 0.5) is 4.39 Å². The number of benzene rings is 2. The van der Waals surface area contributed by atoms with Crippen LogP contribution >= 0.6 is 46.5 Å². The van der Waals surface area contributed by atoms with Gasteiger partial charge in [-0.3, -0.25) is 4.79 Å². The van der Waals surface area contributed by atoms with Crippen molar-refractivity contribution in [2.75, 3.05) is 5.75 Å². The second-order valence-electron chi connectivity index (χ2n) is 5.39. The Morgan fingerprint density at radius 3 is 2.68 bits per heavy atom. The van der Waals surface area contributed by atoms with Crippen LogP contribution in [0.2, 0.25) is 5.02 Å². The molecule has 0 saturated carbocycles. The molecule has 1 aromatic heterocycles. The highest BCUT2D eigenvalue weighted by molar-refractivity contribution is 8.03. The summed E-state index contributed by atoms with van der Waals surface area (Å²) in [6.07, 6.45) is 1.39. The van der Waals surface area contributed by atoms with Gasteiger partial charge in [-0.15, -0.1) is 10.2 Å². The lowest BCUT2D eigenvalue weighted by molar-refractivity contribution is -0.118. The van der Waals surface area contributed by atoms with Crippen LogP contribution in [0.25, 0.3) is 0 Å². The molecule has 0 saturated heterocycles. The maximum atomic E-state index is 13.1. The third-order valence-corrected chi connectivity index (χ3v) is 6.75. The molecule has 1 N–H and O–H groups in total. The van der Waals surface area contributed by atoms with Gasteiger partial charge in [0.2, 0.25) is 0 Å². The van der Waals surface area contributed by atoms with Gasteiger partial charge in [0.05, 0.1) is 12.0 Å². The van der Waals surface area contributed by atoms with Gasteiger partial charge in [0.15, 0.2) is 8.68 Å². The molecule has 1 amide bonds. The molecule has 3 aromatic rings. The minimum atomic E-state index is -0.355. The molecule has 28 heavy (non-hydrogen) atoms. The molecule has 0 aliphatic rings. The number of carbonyl (C=O) groups excluding carboxylic acids is 1. The number of nitrogens with zero attached hydrogens (tertiary/aromatic N) is 3. The number of aromatic nitrogens is 2. The molecule has 0 fully saturated rings. The van der Waals surface area contributed by atoms with Crippen LogP contribution < -0.4 is 5.43 Å². The lowest BCUT2D eigenvalue weighted by atomic mass is 10.2. The number of rotatable bonds is 8. The van der Waals surface area contributed by atoms with Gasteiger partial charge >= 0.3 is 0 Å². The molecule has 0 bridgehead atoms. The highest BCUT2D eigenvalue weighted by Gasteiger charge is 2.08. The Bertz CT molecular complexity index is 965. The van der Waals surface area contributed by atoms with Gasteiger partial charge in [0.25, 0.3) is 5.91 Å². The van der Waals surface area contributed by atoms with Crippen molar-refractivity contribution < 1.29 is 9.18 Å². The SMILES string of the molecule is O=C(CSc1nnc(SCc2ccc(Cl)cc2)s1)N/N=C\c1cccc(F)c1. The topological polar surface area (TPSA) is 67.2 Å². The monoisotopic (exact) mass is 452 g/mol. The van der Waals surface area contributed by atoms with Crippen molar-refractivity contribution in [3.8, 4) is 0 Å². The third kappa shape index (κ3) is 6.90. The maximum Gasteiger partial charge on any atom is 0.250 e. The number of amides is 1. The zero-order chi connectivity index (χ0) is 19.8. The standard InChI is InChI=1S/C18H14ClFN4OS3/c19-14-6-4-12(5-7-14)10-26-17-23-24-18(28-17)27-11-16(25)22-21-9-13-2-1-3-15(20)8-13/h1-9H,10-11H2,(H,22,25)/b21-9-. The van der Waals surface area contributed by atoms with E-state index in [2.05, 4.69) is 20.7 Å². The molecule has 0 atom stereocenters. The van der Waals surface area contributed by atoms with Gasteiger partial charge in [0, 0.05) is 10.8 Å². The number of hydrazone groups is 1. The average molecular weight is 453 g/mol. The number of hydrogen-bond donors (Lipinski definition) is 1. The summed E-state index contributed by atoms with van der Waals surface area (Å²) in [6.45, 7) is 0. The number of hydrogen-bond acceptors (Lipinski definition) is 7. The van der Waals surface area contributed by atoms with Gasteiger partial charge in [-0.1, -0.05) is 70.7 Å². The molecule has 0 radical (unpaired) electrons. The number of nitrogens with one attached hydrogen (secondary N) is 1. The fourth-order valence-electron chi connectivity index (χ4n) is 1.96. The fraction of sp³-hybridized carbons (Fsp3) is 0.111. The Morgan fingerprint density at radius 1 is 1.18 bits per heavy atom. The summed E-state index contributed by atoms with van der Waals surface area (Å²) < 4.78 is 14.6. The van der Waals surface area contributed by atoms with E-state index in [4.69, 9.17) is 11.6 Å². The molecular weight excluding hydrogens is 439 g/mol. The molecular formula is C18H14ClFN4OS3. The van der Waals surface area contributed by atoms with E-state index in [-0.39, 0.29) is 17.5 Å². The first-order chi connectivity index (χ1) is 13.6. The predicted octanol–water partition coefficient (Wildman–Crippen LogP) is 4.87. The summed E-state index contributed by atoms with van der Waals surface area (Å²) in [7, 11) is 0. The van der Waals surface area contributed by atoms with Gasteiger partial charge in [0.1, 0.15) is 5.82 Å². The van der Waals surface area contributed by atoms with Crippen molar-refractivity contribution in [1.29, 1.82) is 0 Å². The van der Waals surface area contributed by atoms with Crippen molar-refractivity contribution in [3.05, 3.63) is 70.5 Å². The van der Waals surface area contributed by atoms with E-state index in [1.54, 1.807) is 23.9 Å². The van der Waals surface area contributed by atoms with Gasteiger partial charge < -0.3 is 0 Å². The minimum absolute atomic E-state index is 0.164. The largest absolute Gasteiger partial charge is 0.272 e. The quantitative estimate of drug-likeness (QED) is 0.300. The zero-order valence-corrected chi connectivity index (χ0v) is 17.5. The van der Waals surface area contributed by atoms with Crippen molar-refractivity contribution in [2.24, 2.45) is 5.10 Å². The van der Waals surface area contributed by atoms with Crippen molar-refractivity contribution in [2.45, 2.75) is 14.4 Å². The lowest BCUT2D eigenvalue weighted by Crippen LogP contribution is -2.19. The van der Waals surface area contributed by atoms with Crippen LogP contribution in [-0.4, -0.2) is 28.1 Å². The summed E-state index contributed by atoms with van der Waals surface area (Å²) in [5.74, 6) is 0.304. The number of halogens is 2. The molecule has 1 heterocycles. The van der Waals surface area contributed by atoms with E-state index in [9.17, 15) is 9.18 Å². The molecule has 0 aliphatic carbocycles. The Kier molecular flexibility index (Phi) is 7.84. The normalized spacial score (nSPS) is 11.1. The van der Waals surface area contributed by atoms with Crippen molar-refractivity contribution >= 4 is 58.6 Å². The number of carbonyl (C=O) groups is 1. The van der Waals surface area contributed by atoms with Gasteiger partial charge in [-0.2, -0.15) is 5.10 Å². The molecule has 5 nitrogen and oxygen atoms in total. The average Bonchev–Trinajstić information content (AvgIpc) is 3.14. The molecule has 0 spiro atoms. The maximum absolute atomic E-state index is 13.1. The number of thioether (sulfide) groups is 2. The van der Waals surface area contributed by atoms with Crippen molar-refractivity contribution in [1.82, 2.24) is 15.6 Å². The highest BCUT2D eigenvalue weighted by atomic mass is 35.5. The van der Waals surface area contributed by atoms with Crippen molar-refractivity contribution in [3.63, 3.8) is 0 Å². The Morgan fingerprint density at radius 2 is 1.93 bits per heavy atom. The Hall–Kier alpha value is -1.94. The first-order valence-electron chi connectivity index (χ1n) is 7.99. The molecule has 0 aliphatic heterocycles. The van der Waals surface area contributed by atoms with E-state index in [0.717, 1.165) is 15.7 Å². The van der Waals surface area contributed by atoms with Crippen LogP contribution in [0, 0.1) is 5.82 Å². The third-order valence-electron chi connectivity index (χ3n) is 3.24. The van der Waals surface area contributed by atoms with Gasteiger partial charge in [-0.25, -0.2) is 9.82 Å². The van der Waals surface area contributed by atoms with Crippen LogP contribution in [0.1, 0.15) is 11.1 Å². The van der Waals surface area contributed by atoms with Crippen LogP contribution in [-0.2, 0) is 10.5 Å². The van der Waals surface area contributed by atoms with Crippen LogP contribution in [0.3, 0.4) is 0 Å². The summed E-state index contributed by atoms with van der Waals surface area (Å²) >= 11 is 10.2. The van der Waals surface area contributed by atoms with Crippen LogP contribution in [0.15, 0.2) is 62.3 Å². The van der Waals surface area contributed by atoms with E-state index in [1.807, 2.05) is 24.3 Å². The van der Waals surface area contributed by atoms with E-state index < -0.39 is 0 Å². The molecule has 10 heteroatoms. The zero-order valence-electron chi connectivity index (χ0n) is 14.3. The Labute approximate surface area is 178 Å². The molecule has 144 valence electrons. The smallest absolute Gasteiger partial charge is 0.250 e. The van der Waals surface area contributed by atoms with Crippen LogP contribution in [0.5, 0.6) is 0 Å². The molecule has 2 aromatic carbocycles. The summed E-state index contributed by atoms with van der Waals surface area (Å²) in [5, 5.41) is 12.7. The second-order valence-corrected chi connectivity index (χ2v) is 9.24. The lowest BCUT2D eigenvalue weighted by Gasteiger charge is -1.98. The minimum Gasteiger partial charge on any atom is -0.272 e. The van der Waals surface area contributed by atoms with E-state index in [0.29, 0.717) is 14.9 Å². The fourth-order valence-corrected chi connectivity index (χ4v) is 4.86.